The van der Waals surface area contributed by atoms with Crippen molar-refractivity contribution in [3.63, 3.8) is 0 Å². The molecule has 1 rings (SSSR count). The molecule has 0 saturated heterocycles. The van der Waals surface area contributed by atoms with Gasteiger partial charge in [-0.15, -0.1) is 0 Å². The zero-order valence-electron chi connectivity index (χ0n) is 16.8. The van der Waals surface area contributed by atoms with Crippen LogP contribution in [0.1, 0.15) is 32.8 Å². The number of ether oxygens (including phenoxy) is 1. The number of nitrogens with one attached hydrogen (secondary N) is 3. The summed E-state index contributed by atoms with van der Waals surface area (Å²) in [5, 5.41) is 12.7. The van der Waals surface area contributed by atoms with Gasteiger partial charge in [-0.05, 0) is 18.4 Å². The van der Waals surface area contributed by atoms with E-state index in [0.29, 0.717) is 0 Å². The van der Waals surface area contributed by atoms with E-state index in [1.54, 1.807) is 44.2 Å². The number of hydrogen-bond donors (Lipinski definition) is 4. The molecular weight excluding hydrogens is 407 g/mol. The molecule has 3 atom stereocenters. The summed E-state index contributed by atoms with van der Waals surface area (Å²) in [6, 6.07) is 3.86. The summed E-state index contributed by atoms with van der Waals surface area (Å²) in [6.45, 7) is 4.28. The third-order valence-electron chi connectivity index (χ3n) is 4.20. The highest BCUT2D eigenvalue weighted by molar-refractivity contribution is 5.85. The molecule has 168 valence electrons. The lowest BCUT2D eigenvalue weighted by Gasteiger charge is -2.26. The van der Waals surface area contributed by atoms with Crippen LogP contribution in [0.2, 0.25) is 0 Å². The second kappa shape index (κ2) is 11.5. The van der Waals surface area contributed by atoms with Crippen LogP contribution in [0.4, 0.5) is 13.2 Å². The Morgan fingerprint density at radius 2 is 1.70 bits per heavy atom. The van der Waals surface area contributed by atoms with Crippen LogP contribution in [0.5, 0.6) is 0 Å². The SMILES string of the molecule is CC(C)[C@H](NC(=O)C[C@H](N[C@@H](C)C(=O)NO)C(F)(F)F)C(=O)OCc1ccccc1. The number of benzene rings is 1. The van der Waals surface area contributed by atoms with Crippen LogP contribution >= 0.6 is 0 Å². The average molecular weight is 433 g/mol. The quantitative estimate of drug-likeness (QED) is 0.253. The zero-order chi connectivity index (χ0) is 22.9. The number of amides is 2. The van der Waals surface area contributed by atoms with E-state index in [1.165, 1.54) is 5.48 Å². The standard InChI is InChI=1S/C19H26F3N3O5/c1-11(2)16(18(28)30-10-13-7-5-4-6-8-13)24-15(26)9-14(19(20,21)22)23-12(3)17(27)25-29/h4-8,11-12,14,16,23,29H,9-10H2,1-3H3,(H,24,26)(H,25,27)/t12-,14-,16-/m0/s1. The van der Waals surface area contributed by atoms with Crippen molar-refractivity contribution in [2.75, 3.05) is 0 Å². The lowest BCUT2D eigenvalue weighted by atomic mass is 10.0. The summed E-state index contributed by atoms with van der Waals surface area (Å²) in [5.74, 6) is -3.34. The molecule has 4 N–H and O–H groups in total. The van der Waals surface area contributed by atoms with Crippen LogP contribution in [0.25, 0.3) is 0 Å². The molecule has 0 aliphatic carbocycles. The molecule has 0 saturated carbocycles. The number of hydroxylamine groups is 1. The van der Waals surface area contributed by atoms with E-state index in [2.05, 4.69) is 5.32 Å². The molecule has 0 aromatic heterocycles. The van der Waals surface area contributed by atoms with Crippen molar-refractivity contribution >= 4 is 17.8 Å². The van der Waals surface area contributed by atoms with Crippen molar-refractivity contribution < 1.29 is 37.5 Å². The van der Waals surface area contributed by atoms with Crippen molar-refractivity contribution in [3.05, 3.63) is 35.9 Å². The summed E-state index contributed by atoms with van der Waals surface area (Å²) >= 11 is 0. The molecule has 8 nitrogen and oxygen atoms in total. The summed E-state index contributed by atoms with van der Waals surface area (Å²) in [6.07, 6.45) is -5.91. The fraction of sp³-hybridized carbons (Fsp3) is 0.526. The monoisotopic (exact) mass is 433 g/mol. The molecule has 1 aromatic rings. The highest BCUT2D eigenvalue weighted by Gasteiger charge is 2.42. The van der Waals surface area contributed by atoms with Crippen molar-refractivity contribution in [1.82, 2.24) is 16.1 Å². The molecule has 0 fully saturated rings. The first-order valence-corrected chi connectivity index (χ1v) is 9.22. The van der Waals surface area contributed by atoms with E-state index in [9.17, 15) is 27.6 Å². The Hall–Kier alpha value is -2.66. The molecule has 0 aliphatic heterocycles. The van der Waals surface area contributed by atoms with Crippen LogP contribution in [0.15, 0.2) is 30.3 Å². The first-order valence-electron chi connectivity index (χ1n) is 9.22. The van der Waals surface area contributed by atoms with E-state index < -0.39 is 54.4 Å². The van der Waals surface area contributed by atoms with Gasteiger partial charge in [0.2, 0.25) is 5.91 Å². The summed E-state index contributed by atoms with van der Waals surface area (Å²) in [5.41, 5.74) is 1.95. The summed E-state index contributed by atoms with van der Waals surface area (Å²) in [4.78, 5) is 35.8. The van der Waals surface area contributed by atoms with Crippen LogP contribution < -0.4 is 16.1 Å². The topological polar surface area (TPSA) is 117 Å². The maximum Gasteiger partial charge on any atom is 0.404 e. The summed E-state index contributed by atoms with van der Waals surface area (Å²) in [7, 11) is 0. The summed E-state index contributed by atoms with van der Waals surface area (Å²) < 4.78 is 44.9. The van der Waals surface area contributed by atoms with Crippen LogP contribution in [0.3, 0.4) is 0 Å². The minimum absolute atomic E-state index is 0.0424. The maximum absolute atomic E-state index is 13.2. The number of halogens is 3. The predicted octanol–water partition coefficient (Wildman–Crippen LogP) is 1.68. The van der Waals surface area contributed by atoms with Crippen LogP contribution in [-0.2, 0) is 25.7 Å². The van der Waals surface area contributed by atoms with Gasteiger partial charge in [-0.1, -0.05) is 44.2 Å². The first-order chi connectivity index (χ1) is 14.0. The lowest BCUT2D eigenvalue weighted by Crippen LogP contribution is -2.54. The molecule has 2 amide bonds. The number of hydrogen-bond acceptors (Lipinski definition) is 6. The van der Waals surface area contributed by atoms with Crippen LogP contribution in [0, 0.1) is 5.92 Å². The Morgan fingerprint density at radius 3 is 2.20 bits per heavy atom. The largest absolute Gasteiger partial charge is 0.459 e. The molecule has 11 heteroatoms. The third-order valence-corrected chi connectivity index (χ3v) is 4.20. The van der Waals surface area contributed by atoms with Gasteiger partial charge in [-0.2, -0.15) is 13.2 Å². The second-order valence-corrected chi connectivity index (χ2v) is 7.05. The van der Waals surface area contributed by atoms with E-state index in [-0.39, 0.29) is 6.61 Å². The molecule has 0 heterocycles. The Balaban J connectivity index is 2.75. The van der Waals surface area contributed by atoms with E-state index >= 15 is 0 Å². The fourth-order valence-corrected chi connectivity index (χ4v) is 2.48. The van der Waals surface area contributed by atoms with Gasteiger partial charge in [0.25, 0.3) is 5.91 Å². The van der Waals surface area contributed by atoms with Gasteiger partial charge in [-0.3, -0.25) is 20.1 Å². The highest BCUT2D eigenvalue weighted by atomic mass is 19.4. The van der Waals surface area contributed by atoms with E-state index in [4.69, 9.17) is 9.94 Å². The minimum Gasteiger partial charge on any atom is -0.459 e. The number of carbonyl (C=O) groups excluding carboxylic acids is 3. The van der Waals surface area contributed by atoms with Gasteiger partial charge in [-0.25, -0.2) is 10.3 Å². The van der Waals surface area contributed by atoms with Gasteiger partial charge >= 0.3 is 12.1 Å². The second-order valence-electron chi connectivity index (χ2n) is 7.05. The number of alkyl halides is 3. The third kappa shape index (κ3) is 8.37. The average Bonchev–Trinajstić information content (AvgIpc) is 2.68. The van der Waals surface area contributed by atoms with Crippen molar-refractivity contribution in [2.24, 2.45) is 5.92 Å². The normalized spacial score (nSPS) is 14.5. The van der Waals surface area contributed by atoms with Crippen molar-refractivity contribution in [3.8, 4) is 0 Å². The molecule has 0 unspecified atom stereocenters. The van der Waals surface area contributed by atoms with E-state index in [0.717, 1.165) is 12.5 Å². The molecule has 0 radical (unpaired) electrons. The van der Waals surface area contributed by atoms with Gasteiger partial charge in [0.05, 0.1) is 12.5 Å². The van der Waals surface area contributed by atoms with Crippen molar-refractivity contribution in [2.45, 2.75) is 58.1 Å². The Bertz CT molecular complexity index is 713. The number of carbonyl (C=O) groups is 3. The Labute approximate surface area is 172 Å². The fourth-order valence-electron chi connectivity index (χ4n) is 2.48. The first kappa shape index (κ1) is 25.4. The molecule has 0 spiro atoms. The predicted molar refractivity (Wildman–Crippen MR) is 100.0 cm³/mol. The van der Waals surface area contributed by atoms with Gasteiger partial charge < -0.3 is 10.1 Å². The number of esters is 1. The van der Waals surface area contributed by atoms with Gasteiger partial charge in [0.1, 0.15) is 18.7 Å². The van der Waals surface area contributed by atoms with Gasteiger partial charge in [0, 0.05) is 0 Å². The Morgan fingerprint density at radius 1 is 1.10 bits per heavy atom. The molecule has 0 aliphatic rings. The molecular formula is C19H26F3N3O5. The van der Waals surface area contributed by atoms with Gasteiger partial charge in [0.15, 0.2) is 0 Å². The molecule has 30 heavy (non-hydrogen) atoms. The minimum atomic E-state index is -4.84. The molecule has 1 aromatic carbocycles. The lowest BCUT2D eigenvalue weighted by molar-refractivity contribution is -0.165. The zero-order valence-corrected chi connectivity index (χ0v) is 16.8. The highest BCUT2D eigenvalue weighted by Crippen LogP contribution is 2.23. The number of rotatable bonds is 10. The van der Waals surface area contributed by atoms with E-state index in [1.807, 2.05) is 5.32 Å². The van der Waals surface area contributed by atoms with Crippen molar-refractivity contribution in [1.29, 1.82) is 0 Å². The smallest absolute Gasteiger partial charge is 0.404 e. The van der Waals surface area contributed by atoms with Crippen LogP contribution in [-0.4, -0.2) is 47.3 Å². The Kier molecular flexibility index (Phi) is 9.73. The maximum atomic E-state index is 13.2. The molecule has 0 bridgehead atoms.